The zero-order valence-electron chi connectivity index (χ0n) is 16.8. The van der Waals surface area contributed by atoms with E-state index in [0.29, 0.717) is 17.8 Å². The van der Waals surface area contributed by atoms with E-state index in [1.807, 2.05) is 35.7 Å². The Bertz CT molecular complexity index is 1240. The fourth-order valence-electron chi connectivity index (χ4n) is 4.52. The number of hydrogen-bond acceptors (Lipinski definition) is 3. The molecule has 1 aliphatic heterocycles. The topological polar surface area (TPSA) is 54.3 Å². The summed E-state index contributed by atoms with van der Waals surface area (Å²) in [6.07, 6.45) is 1.54. The molecule has 0 spiro atoms. The summed E-state index contributed by atoms with van der Waals surface area (Å²) in [4.78, 5) is 28.2. The summed E-state index contributed by atoms with van der Waals surface area (Å²) in [5, 5.41) is 7.26. The number of hydrogen-bond donors (Lipinski definition) is 1. The summed E-state index contributed by atoms with van der Waals surface area (Å²) in [5.41, 5.74) is 3.12. The normalized spacial score (nSPS) is 16.4. The Morgan fingerprint density at radius 2 is 1.90 bits per heavy atom. The molecule has 0 aliphatic carbocycles. The molecule has 0 unspecified atom stereocenters. The fraction of sp³-hybridized carbons (Fsp3) is 0.250. The van der Waals surface area contributed by atoms with E-state index in [4.69, 9.17) is 0 Å². The summed E-state index contributed by atoms with van der Waals surface area (Å²) < 4.78 is 2.29. The number of likely N-dealkylation sites (tertiary alicyclic amines) is 1. The fourth-order valence-corrected chi connectivity index (χ4v) is 5.20. The van der Waals surface area contributed by atoms with Crippen molar-refractivity contribution < 1.29 is 9.59 Å². The summed E-state index contributed by atoms with van der Waals surface area (Å²) in [6, 6.07) is 17.7. The van der Waals surface area contributed by atoms with Crippen molar-refractivity contribution in [1.82, 2.24) is 9.47 Å². The standard InChI is InChI=1S/C24H23N3O2S/c1-2-26-19-8-4-3-7-17(19)18-15-16(11-12-20(18)26)25-23(28)21-9-5-13-27(21)24(29)22-10-6-14-30-22/h3-4,6-8,10-12,14-15,21H,2,5,9,13H2,1H3,(H,25,28)/t21-/m0/s1. The number of fused-ring (bicyclic) bond motifs is 3. The first kappa shape index (κ1) is 18.9. The van der Waals surface area contributed by atoms with Crippen molar-refractivity contribution in [2.24, 2.45) is 0 Å². The van der Waals surface area contributed by atoms with Gasteiger partial charge < -0.3 is 14.8 Å². The van der Waals surface area contributed by atoms with Crippen molar-refractivity contribution in [1.29, 1.82) is 0 Å². The Balaban J connectivity index is 1.43. The number of nitrogens with one attached hydrogen (secondary N) is 1. The molecule has 2 aromatic carbocycles. The lowest BCUT2D eigenvalue weighted by molar-refractivity contribution is -0.119. The number of nitrogens with zero attached hydrogens (tertiary/aromatic N) is 2. The van der Waals surface area contributed by atoms with Crippen molar-refractivity contribution in [2.45, 2.75) is 32.4 Å². The Hall–Kier alpha value is -3.12. The molecule has 1 saturated heterocycles. The Morgan fingerprint density at radius 3 is 2.70 bits per heavy atom. The van der Waals surface area contributed by atoms with E-state index in [1.165, 1.54) is 22.2 Å². The minimum Gasteiger partial charge on any atom is -0.341 e. The summed E-state index contributed by atoms with van der Waals surface area (Å²) >= 11 is 1.42. The Morgan fingerprint density at radius 1 is 1.07 bits per heavy atom. The number of aromatic nitrogens is 1. The monoisotopic (exact) mass is 417 g/mol. The van der Waals surface area contributed by atoms with E-state index in [-0.39, 0.29) is 11.8 Å². The molecule has 2 aromatic heterocycles. The van der Waals surface area contributed by atoms with Gasteiger partial charge in [0.05, 0.1) is 4.88 Å². The second kappa shape index (κ2) is 7.61. The lowest BCUT2D eigenvalue weighted by Crippen LogP contribution is -2.42. The molecule has 5 nitrogen and oxygen atoms in total. The zero-order valence-corrected chi connectivity index (χ0v) is 17.6. The second-order valence-electron chi connectivity index (χ2n) is 7.62. The minimum absolute atomic E-state index is 0.0517. The molecule has 152 valence electrons. The molecular weight excluding hydrogens is 394 g/mol. The minimum atomic E-state index is -0.424. The van der Waals surface area contributed by atoms with Gasteiger partial charge in [-0.1, -0.05) is 24.3 Å². The quantitative estimate of drug-likeness (QED) is 0.501. The first-order valence-electron chi connectivity index (χ1n) is 10.3. The van der Waals surface area contributed by atoms with E-state index in [0.717, 1.165) is 29.6 Å². The van der Waals surface area contributed by atoms with Crippen LogP contribution in [0.15, 0.2) is 60.0 Å². The average molecular weight is 418 g/mol. The zero-order chi connectivity index (χ0) is 20.7. The maximum Gasteiger partial charge on any atom is 0.264 e. The van der Waals surface area contributed by atoms with Crippen molar-refractivity contribution in [3.05, 3.63) is 64.9 Å². The number of para-hydroxylation sites is 1. The smallest absolute Gasteiger partial charge is 0.264 e. The first-order chi connectivity index (χ1) is 14.7. The average Bonchev–Trinajstić information content (AvgIpc) is 3.51. The third kappa shape index (κ3) is 3.08. The predicted molar refractivity (Wildman–Crippen MR) is 122 cm³/mol. The van der Waals surface area contributed by atoms with Crippen LogP contribution in [0.3, 0.4) is 0 Å². The van der Waals surface area contributed by atoms with Crippen molar-refractivity contribution >= 4 is 50.6 Å². The van der Waals surface area contributed by atoms with E-state index in [2.05, 4.69) is 41.1 Å². The molecule has 1 N–H and O–H groups in total. The Kier molecular flexibility index (Phi) is 4.79. The van der Waals surface area contributed by atoms with E-state index < -0.39 is 6.04 Å². The highest BCUT2D eigenvalue weighted by Gasteiger charge is 2.35. The van der Waals surface area contributed by atoms with Crippen LogP contribution in [0.1, 0.15) is 29.4 Å². The highest BCUT2D eigenvalue weighted by atomic mass is 32.1. The van der Waals surface area contributed by atoms with Gasteiger partial charge in [-0.2, -0.15) is 0 Å². The van der Waals surface area contributed by atoms with Crippen LogP contribution in [0.5, 0.6) is 0 Å². The van der Waals surface area contributed by atoms with Crippen LogP contribution < -0.4 is 5.32 Å². The van der Waals surface area contributed by atoms with Crippen molar-refractivity contribution in [3.8, 4) is 0 Å². The van der Waals surface area contributed by atoms with E-state index >= 15 is 0 Å². The molecule has 5 rings (SSSR count). The number of carbonyl (C=O) groups excluding carboxylic acids is 2. The van der Waals surface area contributed by atoms with Gasteiger partial charge in [0.25, 0.3) is 5.91 Å². The molecule has 1 aliphatic rings. The molecule has 6 heteroatoms. The van der Waals surface area contributed by atoms with E-state index in [9.17, 15) is 9.59 Å². The van der Waals surface area contributed by atoms with Crippen LogP contribution in [0, 0.1) is 0 Å². The van der Waals surface area contributed by atoms with E-state index in [1.54, 1.807) is 4.90 Å². The molecule has 2 amide bonds. The molecular formula is C24H23N3O2S. The van der Waals surface area contributed by atoms with Crippen LogP contribution in [0.25, 0.3) is 21.8 Å². The highest BCUT2D eigenvalue weighted by Crippen LogP contribution is 2.31. The van der Waals surface area contributed by atoms with Gasteiger partial charge in [0.1, 0.15) is 6.04 Å². The molecule has 4 aromatic rings. The third-order valence-electron chi connectivity index (χ3n) is 5.90. The number of anilines is 1. The first-order valence-corrected chi connectivity index (χ1v) is 11.2. The van der Waals surface area contributed by atoms with Crippen molar-refractivity contribution in [3.63, 3.8) is 0 Å². The second-order valence-corrected chi connectivity index (χ2v) is 8.56. The number of aryl methyl sites for hydroxylation is 1. The van der Waals surface area contributed by atoms with Crippen LogP contribution in [-0.2, 0) is 11.3 Å². The lowest BCUT2D eigenvalue weighted by atomic mass is 10.1. The van der Waals surface area contributed by atoms with Gasteiger partial charge in [-0.25, -0.2) is 0 Å². The third-order valence-corrected chi connectivity index (χ3v) is 6.76. The number of rotatable bonds is 4. The van der Waals surface area contributed by atoms with Gasteiger partial charge in [0.2, 0.25) is 5.91 Å². The maximum atomic E-state index is 13.1. The van der Waals surface area contributed by atoms with Gasteiger partial charge >= 0.3 is 0 Å². The molecule has 0 saturated carbocycles. The molecule has 1 fully saturated rings. The van der Waals surface area contributed by atoms with Crippen molar-refractivity contribution in [2.75, 3.05) is 11.9 Å². The van der Waals surface area contributed by atoms with Gasteiger partial charge in [0, 0.05) is 40.6 Å². The lowest BCUT2D eigenvalue weighted by Gasteiger charge is -2.23. The van der Waals surface area contributed by atoms with Gasteiger partial charge in [-0.05, 0) is 55.5 Å². The molecule has 3 heterocycles. The molecule has 30 heavy (non-hydrogen) atoms. The Labute approximate surface area is 178 Å². The summed E-state index contributed by atoms with van der Waals surface area (Å²) in [6.45, 7) is 3.65. The van der Waals surface area contributed by atoms with Gasteiger partial charge in [0.15, 0.2) is 0 Å². The van der Waals surface area contributed by atoms with Crippen LogP contribution in [0.4, 0.5) is 5.69 Å². The number of carbonyl (C=O) groups is 2. The molecule has 1 atom stereocenters. The van der Waals surface area contributed by atoms with Gasteiger partial charge in [-0.3, -0.25) is 9.59 Å². The summed E-state index contributed by atoms with van der Waals surface area (Å²) in [5.74, 6) is -0.167. The van der Waals surface area contributed by atoms with Crippen LogP contribution in [0.2, 0.25) is 0 Å². The maximum absolute atomic E-state index is 13.1. The number of benzene rings is 2. The molecule has 0 bridgehead atoms. The number of amides is 2. The highest BCUT2D eigenvalue weighted by molar-refractivity contribution is 7.12. The molecule has 0 radical (unpaired) electrons. The predicted octanol–water partition coefficient (Wildman–Crippen LogP) is 5.12. The van der Waals surface area contributed by atoms with Gasteiger partial charge in [-0.15, -0.1) is 11.3 Å². The van der Waals surface area contributed by atoms with Crippen LogP contribution in [-0.4, -0.2) is 33.9 Å². The van der Waals surface area contributed by atoms with Crippen LogP contribution >= 0.6 is 11.3 Å². The number of thiophene rings is 1. The summed E-state index contributed by atoms with van der Waals surface area (Å²) in [7, 11) is 0. The largest absolute Gasteiger partial charge is 0.341 e. The SMILES string of the molecule is CCn1c2ccccc2c2cc(NC(=O)[C@@H]3CCCN3C(=O)c3cccs3)ccc21.